The molecule has 112 valence electrons. The number of nitrogens with two attached hydrogens (primary N) is 1. The van der Waals surface area contributed by atoms with Crippen LogP contribution < -0.4 is 10.5 Å². The Kier molecular flexibility index (Phi) is 4.25. The van der Waals surface area contributed by atoms with Gasteiger partial charge in [0.1, 0.15) is 5.82 Å². The summed E-state index contributed by atoms with van der Waals surface area (Å²) in [6, 6.07) is 6.64. The molecule has 1 aromatic carbocycles. The molecule has 1 aromatic heterocycles. The molecule has 2 rings (SSSR count). The summed E-state index contributed by atoms with van der Waals surface area (Å²) in [7, 11) is -3.70. The summed E-state index contributed by atoms with van der Waals surface area (Å²) in [6.45, 7) is 5.23. The zero-order valence-electron chi connectivity index (χ0n) is 11.9. The van der Waals surface area contributed by atoms with Crippen LogP contribution in [0.3, 0.4) is 0 Å². The predicted octanol–water partition coefficient (Wildman–Crippen LogP) is 3.15. The average Bonchev–Trinajstić information content (AvgIpc) is 2.31. The molecule has 0 saturated carbocycles. The van der Waals surface area contributed by atoms with Crippen LogP contribution in [0.2, 0.25) is 0 Å². The molecule has 1 heterocycles. The van der Waals surface area contributed by atoms with Crippen LogP contribution in [0.1, 0.15) is 16.8 Å². The van der Waals surface area contributed by atoms with Crippen molar-refractivity contribution in [1.29, 1.82) is 0 Å². The maximum absolute atomic E-state index is 12.5. The van der Waals surface area contributed by atoms with Crippen molar-refractivity contribution in [2.75, 3.05) is 10.5 Å². The van der Waals surface area contributed by atoms with Crippen LogP contribution in [0.25, 0.3) is 0 Å². The van der Waals surface area contributed by atoms with Gasteiger partial charge in [0.05, 0.1) is 10.6 Å². The summed E-state index contributed by atoms with van der Waals surface area (Å²) in [5.74, 6) is 0.284. The Hall–Kier alpha value is -1.60. The van der Waals surface area contributed by atoms with Gasteiger partial charge >= 0.3 is 0 Å². The summed E-state index contributed by atoms with van der Waals surface area (Å²) in [6.07, 6.45) is 0. The summed E-state index contributed by atoms with van der Waals surface area (Å²) >= 11 is 3.33. The molecule has 0 aliphatic carbocycles. The van der Waals surface area contributed by atoms with Crippen LogP contribution in [0.4, 0.5) is 11.5 Å². The van der Waals surface area contributed by atoms with Gasteiger partial charge in [-0.15, -0.1) is 0 Å². The highest BCUT2D eigenvalue weighted by molar-refractivity contribution is 9.10. The maximum Gasteiger partial charge on any atom is 0.263 e. The van der Waals surface area contributed by atoms with Crippen LogP contribution in [0.15, 0.2) is 33.6 Å². The van der Waals surface area contributed by atoms with Crippen molar-refractivity contribution in [3.63, 3.8) is 0 Å². The summed E-state index contributed by atoms with van der Waals surface area (Å²) in [5.41, 5.74) is 8.19. The molecule has 3 N–H and O–H groups in total. The lowest BCUT2D eigenvalue weighted by atomic mass is 10.1. The Bertz CT molecular complexity index is 781. The monoisotopic (exact) mass is 369 g/mol. The zero-order valence-corrected chi connectivity index (χ0v) is 14.3. The number of nitrogens with one attached hydrogen (secondary N) is 1. The average molecular weight is 370 g/mol. The number of halogens is 1. The summed E-state index contributed by atoms with van der Waals surface area (Å²) in [4.78, 5) is 4.43. The van der Waals surface area contributed by atoms with Gasteiger partial charge in [0.2, 0.25) is 0 Å². The molecule has 0 atom stereocenters. The molecule has 21 heavy (non-hydrogen) atoms. The van der Waals surface area contributed by atoms with Gasteiger partial charge in [0, 0.05) is 10.2 Å². The fraction of sp³-hybridized carbons (Fsp3) is 0.214. The van der Waals surface area contributed by atoms with Gasteiger partial charge in [-0.05, 0) is 72.1 Å². The largest absolute Gasteiger partial charge is 0.399 e. The van der Waals surface area contributed by atoms with Gasteiger partial charge in [0.15, 0.2) is 0 Å². The zero-order chi connectivity index (χ0) is 15.8. The van der Waals surface area contributed by atoms with Crippen LogP contribution in [-0.2, 0) is 10.0 Å². The third kappa shape index (κ3) is 3.36. The van der Waals surface area contributed by atoms with Crippen LogP contribution >= 0.6 is 15.9 Å². The van der Waals surface area contributed by atoms with Crippen molar-refractivity contribution in [2.24, 2.45) is 0 Å². The minimum absolute atomic E-state index is 0.235. The van der Waals surface area contributed by atoms with Crippen molar-refractivity contribution >= 4 is 37.5 Å². The topological polar surface area (TPSA) is 85.1 Å². The van der Waals surface area contributed by atoms with E-state index < -0.39 is 10.0 Å². The molecule has 0 amide bonds. The van der Waals surface area contributed by atoms with Gasteiger partial charge in [-0.25, -0.2) is 13.4 Å². The number of aryl methyl sites for hydroxylation is 3. The number of nitrogens with zero attached hydrogens (tertiary/aromatic N) is 1. The van der Waals surface area contributed by atoms with Crippen LogP contribution in [0.5, 0.6) is 0 Å². The van der Waals surface area contributed by atoms with Crippen molar-refractivity contribution in [1.82, 2.24) is 4.98 Å². The van der Waals surface area contributed by atoms with E-state index in [1.807, 2.05) is 0 Å². The van der Waals surface area contributed by atoms with Gasteiger partial charge in [-0.3, -0.25) is 4.72 Å². The Labute approximate surface area is 132 Å². The molecule has 2 aromatic rings. The Morgan fingerprint density at radius 1 is 1.14 bits per heavy atom. The Morgan fingerprint density at radius 2 is 1.71 bits per heavy atom. The lowest BCUT2D eigenvalue weighted by Crippen LogP contribution is -2.17. The Balaban J connectivity index is 2.46. The van der Waals surface area contributed by atoms with Gasteiger partial charge in [-0.1, -0.05) is 0 Å². The maximum atomic E-state index is 12.5. The van der Waals surface area contributed by atoms with Gasteiger partial charge in [0.25, 0.3) is 10.0 Å². The van der Waals surface area contributed by atoms with Crippen LogP contribution in [-0.4, -0.2) is 13.4 Å². The molecular weight excluding hydrogens is 354 g/mol. The predicted molar refractivity (Wildman–Crippen MR) is 87.8 cm³/mol. The van der Waals surface area contributed by atoms with E-state index in [4.69, 9.17) is 5.73 Å². The summed E-state index contributed by atoms with van der Waals surface area (Å²) < 4.78 is 28.4. The standard InChI is InChI=1S/C14H16BrN3O2S/c1-8-6-11(16)7-9(2)14(8)21(19,20)18-13-5-4-12(15)10(3)17-13/h4-7H,16H2,1-3H3,(H,17,18). The number of pyridine rings is 1. The molecule has 0 saturated heterocycles. The van der Waals surface area contributed by atoms with Gasteiger partial charge in [-0.2, -0.15) is 0 Å². The first kappa shape index (κ1) is 15.8. The Morgan fingerprint density at radius 3 is 2.24 bits per heavy atom. The van der Waals surface area contributed by atoms with E-state index in [0.29, 0.717) is 22.5 Å². The molecule has 0 fully saturated rings. The molecule has 5 nitrogen and oxygen atoms in total. The first-order chi connectivity index (χ1) is 9.70. The van der Waals surface area contributed by atoms with E-state index in [9.17, 15) is 8.42 Å². The van der Waals surface area contributed by atoms with E-state index in [0.717, 1.165) is 4.47 Å². The first-order valence-corrected chi connectivity index (χ1v) is 8.51. The molecule has 0 radical (unpaired) electrons. The minimum atomic E-state index is -3.70. The molecule has 0 aliphatic heterocycles. The number of hydrogen-bond donors (Lipinski definition) is 2. The SMILES string of the molecule is Cc1cc(N)cc(C)c1S(=O)(=O)Nc1ccc(Br)c(C)n1. The molecular formula is C14H16BrN3O2S. The number of aromatic nitrogens is 1. The highest BCUT2D eigenvalue weighted by Gasteiger charge is 2.20. The number of hydrogen-bond acceptors (Lipinski definition) is 4. The molecule has 0 unspecified atom stereocenters. The fourth-order valence-corrected chi connectivity index (χ4v) is 3.87. The number of anilines is 2. The molecule has 7 heteroatoms. The van der Waals surface area contributed by atoms with E-state index in [1.54, 1.807) is 45.0 Å². The number of nitrogen functional groups attached to an aromatic ring is 1. The lowest BCUT2D eigenvalue weighted by molar-refractivity contribution is 0.600. The fourth-order valence-electron chi connectivity index (χ4n) is 2.20. The minimum Gasteiger partial charge on any atom is -0.399 e. The second-order valence-corrected chi connectivity index (χ2v) is 7.33. The highest BCUT2D eigenvalue weighted by atomic mass is 79.9. The number of rotatable bonds is 3. The second kappa shape index (κ2) is 5.65. The first-order valence-electron chi connectivity index (χ1n) is 6.23. The van der Waals surface area contributed by atoms with Crippen molar-refractivity contribution in [3.8, 4) is 0 Å². The van der Waals surface area contributed by atoms with Gasteiger partial charge < -0.3 is 5.73 Å². The molecule has 0 aliphatic rings. The summed E-state index contributed by atoms with van der Waals surface area (Å²) in [5, 5.41) is 0. The van der Waals surface area contributed by atoms with E-state index >= 15 is 0 Å². The number of sulfonamides is 1. The lowest BCUT2D eigenvalue weighted by Gasteiger charge is -2.13. The van der Waals surface area contributed by atoms with E-state index in [-0.39, 0.29) is 10.7 Å². The molecule has 0 bridgehead atoms. The van der Waals surface area contributed by atoms with Crippen molar-refractivity contribution < 1.29 is 8.42 Å². The van der Waals surface area contributed by atoms with E-state index in [2.05, 4.69) is 25.6 Å². The number of benzene rings is 1. The van der Waals surface area contributed by atoms with Crippen molar-refractivity contribution in [3.05, 3.63) is 45.6 Å². The third-order valence-electron chi connectivity index (χ3n) is 3.01. The smallest absolute Gasteiger partial charge is 0.263 e. The normalized spacial score (nSPS) is 11.4. The second-order valence-electron chi connectivity index (χ2n) is 4.85. The van der Waals surface area contributed by atoms with E-state index in [1.165, 1.54) is 0 Å². The van der Waals surface area contributed by atoms with Crippen molar-refractivity contribution in [2.45, 2.75) is 25.7 Å². The quantitative estimate of drug-likeness (QED) is 0.813. The molecule has 0 spiro atoms. The third-order valence-corrected chi connectivity index (χ3v) is 5.51. The van der Waals surface area contributed by atoms with Crippen LogP contribution in [0, 0.1) is 20.8 Å². The highest BCUT2D eigenvalue weighted by Crippen LogP contribution is 2.25.